The molecular formula is C15H18BrClN2. The minimum atomic E-state index is 0.483. The second-order valence-corrected chi connectivity index (χ2v) is 6.57. The molecule has 1 aromatic heterocycles. The van der Waals surface area contributed by atoms with E-state index in [4.69, 9.17) is 11.6 Å². The Kier molecular flexibility index (Phi) is 4.13. The summed E-state index contributed by atoms with van der Waals surface area (Å²) >= 11 is 9.54. The van der Waals surface area contributed by atoms with E-state index in [0.717, 1.165) is 28.3 Å². The molecule has 4 heteroatoms. The summed E-state index contributed by atoms with van der Waals surface area (Å²) in [5.41, 5.74) is 2.24. The van der Waals surface area contributed by atoms with Crippen LogP contribution in [0.25, 0.3) is 11.0 Å². The molecule has 0 N–H and O–H groups in total. The second kappa shape index (κ2) is 5.84. The van der Waals surface area contributed by atoms with Crippen molar-refractivity contribution in [3.63, 3.8) is 0 Å². The lowest BCUT2D eigenvalue weighted by Crippen LogP contribution is -2.06. The number of hydrogen-bond donors (Lipinski definition) is 0. The van der Waals surface area contributed by atoms with Crippen molar-refractivity contribution in [1.29, 1.82) is 0 Å². The van der Waals surface area contributed by atoms with Gasteiger partial charge in [0.25, 0.3) is 0 Å². The van der Waals surface area contributed by atoms with Crippen LogP contribution < -0.4 is 0 Å². The number of rotatable bonds is 4. The van der Waals surface area contributed by atoms with E-state index in [2.05, 4.69) is 43.7 Å². The molecule has 0 bridgehead atoms. The highest BCUT2D eigenvalue weighted by Crippen LogP contribution is 2.29. The average molecular weight is 342 g/mol. The van der Waals surface area contributed by atoms with Gasteiger partial charge < -0.3 is 4.57 Å². The highest BCUT2D eigenvalue weighted by atomic mass is 79.9. The molecule has 1 fully saturated rings. The Morgan fingerprint density at radius 1 is 1.32 bits per heavy atom. The van der Waals surface area contributed by atoms with E-state index in [-0.39, 0.29) is 0 Å². The van der Waals surface area contributed by atoms with Crippen LogP contribution >= 0.6 is 27.5 Å². The standard InChI is InChI=1S/C15H18BrClN2/c16-12-5-6-14-13(9-12)18-15(10-17)19(14)8-7-11-3-1-2-4-11/h5-6,9,11H,1-4,7-8,10H2. The first-order valence-corrected chi connectivity index (χ1v) is 8.31. The van der Waals surface area contributed by atoms with Crippen LogP contribution in [0.2, 0.25) is 0 Å². The Morgan fingerprint density at radius 3 is 2.84 bits per heavy atom. The van der Waals surface area contributed by atoms with E-state index in [1.807, 2.05) is 0 Å². The first-order chi connectivity index (χ1) is 9.28. The SMILES string of the molecule is ClCc1nc2cc(Br)ccc2n1CCC1CCCC1. The third kappa shape index (κ3) is 2.82. The van der Waals surface area contributed by atoms with Gasteiger partial charge >= 0.3 is 0 Å². The molecule has 0 unspecified atom stereocenters. The van der Waals surface area contributed by atoms with Crippen LogP contribution in [-0.2, 0) is 12.4 Å². The van der Waals surface area contributed by atoms with E-state index < -0.39 is 0 Å². The Hall–Kier alpha value is -0.540. The van der Waals surface area contributed by atoms with Crippen LogP contribution in [0.5, 0.6) is 0 Å². The summed E-state index contributed by atoms with van der Waals surface area (Å²) in [4.78, 5) is 4.64. The van der Waals surface area contributed by atoms with Crippen LogP contribution in [-0.4, -0.2) is 9.55 Å². The quantitative estimate of drug-likeness (QED) is 0.706. The molecule has 1 aliphatic rings. The smallest absolute Gasteiger partial charge is 0.124 e. The molecule has 102 valence electrons. The Bertz CT molecular complexity index is 573. The summed E-state index contributed by atoms with van der Waals surface area (Å²) < 4.78 is 3.37. The topological polar surface area (TPSA) is 17.8 Å². The largest absolute Gasteiger partial charge is 0.327 e. The van der Waals surface area contributed by atoms with Crippen molar-refractivity contribution in [2.45, 2.75) is 44.5 Å². The zero-order valence-electron chi connectivity index (χ0n) is 10.9. The molecule has 2 nitrogen and oxygen atoms in total. The van der Waals surface area contributed by atoms with Crippen molar-refractivity contribution in [1.82, 2.24) is 9.55 Å². The predicted molar refractivity (Wildman–Crippen MR) is 83.6 cm³/mol. The number of aromatic nitrogens is 2. The number of aryl methyl sites for hydroxylation is 1. The van der Waals surface area contributed by atoms with Crippen LogP contribution in [0.15, 0.2) is 22.7 Å². The molecule has 0 atom stereocenters. The maximum atomic E-state index is 6.04. The van der Waals surface area contributed by atoms with E-state index in [9.17, 15) is 0 Å². The first-order valence-electron chi connectivity index (χ1n) is 6.98. The van der Waals surface area contributed by atoms with Crippen molar-refractivity contribution in [2.75, 3.05) is 0 Å². The number of imidazole rings is 1. The Balaban J connectivity index is 1.87. The van der Waals surface area contributed by atoms with Gasteiger partial charge in [0.15, 0.2) is 0 Å². The fourth-order valence-electron chi connectivity index (χ4n) is 3.12. The zero-order chi connectivity index (χ0) is 13.2. The molecule has 1 aromatic carbocycles. The first kappa shape index (κ1) is 13.4. The average Bonchev–Trinajstić information content (AvgIpc) is 3.02. The molecule has 0 saturated heterocycles. The summed E-state index contributed by atoms with van der Waals surface area (Å²) in [6.07, 6.45) is 6.86. The number of halogens is 2. The molecule has 3 rings (SSSR count). The maximum absolute atomic E-state index is 6.04. The number of alkyl halides is 1. The molecule has 1 saturated carbocycles. The molecule has 1 aliphatic carbocycles. The highest BCUT2D eigenvalue weighted by molar-refractivity contribution is 9.10. The number of hydrogen-bond acceptors (Lipinski definition) is 1. The van der Waals surface area contributed by atoms with Gasteiger partial charge in [0, 0.05) is 11.0 Å². The van der Waals surface area contributed by atoms with Gasteiger partial charge in [-0.3, -0.25) is 0 Å². The summed E-state index contributed by atoms with van der Waals surface area (Å²) in [5, 5.41) is 0. The van der Waals surface area contributed by atoms with E-state index in [0.29, 0.717) is 5.88 Å². The lowest BCUT2D eigenvalue weighted by molar-refractivity contribution is 0.458. The van der Waals surface area contributed by atoms with Gasteiger partial charge in [-0.25, -0.2) is 4.98 Å². The summed E-state index contributed by atoms with van der Waals surface area (Å²) in [6.45, 7) is 1.05. The minimum Gasteiger partial charge on any atom is -0.327 e. The van der Waals surface area contributed by atoms with Crippen LogP contribution in [0, 0.1) is 5.92 Å². The second-order valence-electron chi connectivity index (χ2n) is 5.39. The van der Waals surface area contributed by atoms with Crippen LogP contribution in [0.1, 0.15) is 37.9 Å². The monoisotopic (exact) mass is 340 g/mol. The van der Waals surface area contributed by atoms with Crippen LogP contribution in [0.3, 0.4) is 0 Å². The number of benzene rings is 1. The van der Waals surface area contributed by atoms with E-state index in [1.54, 1.807) is 0 Å². The van der Waals surface area contributed by atoms with Crippen molar-refractivity contribution < 1.29 is 0 Å². The van der Waals surface area contributed by atoms with Gasteiger partial charge in [0.05, 0.1) is 16.9 Å². The van der Waals surface area contributed by atoms with E-state index >= 15 is 0 Å². The molecule has 1 heterocycles. The third-order valence-corrected chi connectivity index (χ3v) is 4.88. The van der Waals surface area contributed by atoms with Gasteiger partial charge in [-0.15, -0.1) is 11.6 Å². The zero-order valence-corrected chi connectivity index (χ0v) is 13.3. The molecule has 0 amide bonds. The molecule has 0 aliphatic heterocycles. The maximum Gasteiger partial charge on any atom is 0.124 e. The molecule has 19 heavy (non-hydrogen) atoms. The van der Waals surface area contributed by atoms with Crippen molar-refractivity contribution in [3.05, 3.63) is 28.5 Å². The highest BCUT2D eigenvalue weighted by Gasteiger charge is 2.16. The van der Waals surface area contributed by atoms with Gasteiger partial charge in [-0.2, -0.15) is 0 Å². The van der Waals surface area contributed by atoms with Crippen molar-refractivity contribution in [3.8, 4) is 0 Å². The summed E-state index contributed by atoms with van der Waals surface area (Å²) in [7, 11) is 0. The lowest BCUT2D eigenvalue weighted by Gasteiger charge is -2.12. The fourth-order valence-corrected chi connectivity index (χ4v) is 3.67. The minimum absolute atomic E-state index is 0.483. The summed E-state index contributed by atoms with van der Waals surface area (Å²) in [6, 6.07) is 6.28. The predicted octanol–water partition coefficient (Wildman–Crippen LogP) is 5.12. The van der Waals surface area contributed by atoms with E-state index in [1.165, 1.54) is 37.6 Å². The molecular weight excluding hydrogens is 324 g/mol. The number of nitrogens with zero attached hydrogens (tertiary/aromatic N) is 2. The third-order valence-electron chi connectivity index (χ3n) is 4.14. The molecule has 0 radical (unpaired) electrons. The Labute approximate surface area is 127 Å². The van der Waals surface area contributed by atoms with Crippen molar-refractivity contribution >= 4 is 38.6 Å². The van der Waals surface area contributed by atoms with Gasteiger partial charge in [-0.1, -0.05) is 41.6 Å². The Morgan fingerprint density at radius 2 is 2.11 bits per heavy atom. The fraction of sp³-hybridized carbons (Fsp3) is 0.533. The molecule has 0 spiro atoms. The number of fused-ring (bicyclic) bond motifs is 1. The normalized spacial score (nSPS) is 16.5. The van der Waals surface area contributed by atoms with Crippen molar-refractivity contribution in [2.24, 2.45) is 5.92 Å². The van der Waals surface area contributed by atoms with Gasteiger partial charge in [0.1, 0.15) is 5.82 Å². The van der Waals surface area contributed by atoms with Gasteiger partial charge in [0.2, 0.25) is 0 Å². The van der Waals surface area contributed by atoms with Crippen LogP contribution in [0.4, 0.5) is 0 Å². The van der Waals surface area contributed by atoms with Gasteiger partial charge in [-0.05, 0) is 30.5 Å². The molecule has 2 aromatic rings. The lowest BCUT2D eigenvalue weighted by atomic mass is 10.0. The summed E-state index contributed by atoms with van der Waals surface area (Å²) in [5.74, 6) is 2.38.